The molecule has 76 valence electrons. The van der Waals surface area contributed by atoms with Crippen molar-refractivity contribution >= 4 is 0 Å². The maximum absolute atomic E-state index is 3.57. The molecule has 3 nitrogen and oxygen atoms in total. The molecule has 1 aromatic rings. The van der Waals surface area contributed by atoms with Gasteiger partial charge in [0.25, 0.3) is 0 Å². The number of rotatable bonds is 2. The van der Waals surface area contributed by atoms with E-state index in [2.05, 4.69) is 39.5 Å². The summed E-state index contributed by atoms with van der Waals surface area (Å²) in [6.45, 7) is 3.85. The average Bonchev–Trinajstić information content (AvgIpc) is 2.72. The lowest BCUT2D eigenvalue weighted by Gasteiger charge is -2.45. The summed E-state index contributed by atoms with van der Waals surface area (Å²) in [5.74, 6) is 0.891. The Hall–Kier alpha value is -0.960. The highest BCUT2D eigenvalue weighted by molar-refractivity contribution is 5.01. The van der Waals surface area contributed by atoms with Crippen LogP contribution in [0.3, 0.4) is 0 Å². The van der Waals surface area contributed by atoms with E-state index in [4.69, 9.17) is 0 Å². The summed E-state index contributed by atoms with van der Waals surface area (Å²) in [5.41, 5.74) is 3.57. The lowest BCUT2D eigenvalue weighted by atomic mass is 9.84. The first-order valence-electron chi connectivity index (χ1n) is 5.54. The van der Waals surface area contributed by atoms with Crippen molar-refractivity contribution in [2.45, 2.75) is 18.9 Å². The first-order chi connectivity index (χ1) is 6.92. The van der Waals surface area contributed by atoms with E-state index in [1.165, 1.54) is 32.5 Å². The molecule has 0 amide bonds. The summed E-state index contributed by atoms with van der Waals surface area (Å²) in [7, 11) is 0. The van der Waals surface area contributed by atoms with Crippen molar-refractivity contribution in [2.24, 2.45) is 5.92 Å². The van der Waals surface area contributed by atoms with E-state index in [0.29, 0.717) is 6.04 Å². The van der Waals surface area contributed by atoms with Gasteiger partial charge < -0.3 is 10.3 Å². The molecule has 0 saturated carbocycles. The lowest BCUT2D eigenvalue weighted by Crippen LogP contribution is -2.54. The van der Waals surface area contributed by atoms with E-state index in [1.807, 2.05) is 0 Å². The Labute approximate surface area is 84.7 Å². The maximum Gasteiger partial charge on any atom is 0.0580 e. The Morgan fingerprint density at radius 1 is 1.07 bits per heavy atom. The van der Waals surface area contributed by atoms with Crippen LogP contribution in [0, 0.1) is 5.92 Å². The van der Waals surface area contributed by atoms with Gasteiger partial charge in [0.2, 0.25) is 0 Å². The Balaban J connectivity index is 1.68. The minimum atomic E-state index is 0.657. The zero-order valence-corrected chi connectivity index (χ0v) is 8.39. The fourth-order valence-electron chi connectivity index (χ4n) is 2.72. The normalized spacial score (nSPS) is 35.9. The molecule has 1 aromatic heterocycles. The molecule has 1 N–H and O–H groups in total. The first-order valence-corrected chi connectivity index (χ1v) is 5.54. The van der Waals surface area contributed by atoms with Crippen molar-refractivity contribution in [1.29, 1.82) is 0 Å². The highest BCUT2D eigenvalue weighted by atomic mass is 15.4. The number of aromatic nitrogens is 1. The van der Waals surface area contributed by atoms with Crippen molar-refractivity contribution in [1.82, 2.24) is 9.58 Å². The van der Waals surface area contributed by atoms with Gasteiger partial charge in [-0.2, -0.15) is 0 Å². The van der Waals surface area contributed by atoms with E-state index in [9.17, 15) is 0 Å². The largest absolute Gasteiger partial charge is 0.322 e. The van der Waals surface area contributed by atoms with Crippen LogP contribution in [0.4, 0.5) is 0 Å². The van der Waals surface area contributed by atoms with E-state index >= 15 is 0 Å². The molecular weight excluding hydrogens is 174 g/mol. The van der Waals surface area contributed by atoms with Gasteiger partial charge in [-0.05, 0) is 44.0 Å². The third-order valence-electron chi connectivity index (χ3n) is 3.58. The predicted octanol–water partition coefficient (Wildman–Crippen LogP) is 1.13. The Morgan fingerprint density at radius 3 is 2.36 bits per heavy atom. The second kappa shape index (κ2) is 3.31. The molecule has 1 atom stereocenters. The van der Waals surface area contributed by atoms with Crippen LogP contribution in [-0.4, -0.2) is 35.3 Å². The molecular formula is C11H17N3. The Kier molecular flexibility index (Phi) is 1.98. The van der Waals surface area contributed by atoms with Crippen LogP contribution in [0.5, 0.6) is 0 Å². The summed E-state index contributed by atoms with van der Waals surface area (Å²) in [4.78, 5) is 2.57. The van der Waals surface area contributed by atoms with Crippen molar-refractivity contribution < 1.29 is 0 Å². The highest BCUT2D eigenvalue weighted by Crippen LogP contribution is 2.27. The van der Waals surface area contributed by atoms with Gasteiger partial charge in [0.1, 0.15) is 0 Å². The molecule has 0 aliphatic carbocycles. The minimum Gasteiger partial charge on any atom is -0.322 e. The molecule has 2 bridgehead atoms. The topological polar surface area (TPSA) is 20.2 Å². The Morgan fingerprint density at radius 2 is 1.79 bits per heavy atom. The van der Waals surface area contributed by atoms with E-state index in [1.54, 1.807) is 0 Å². The van der Waals surface area contributed by atoms with E-state index in [-0.39, 0.29) is 0 Å². The first kappa shape index (κ1) is 8.36. The monoisotopic (exact) mass is 191 g/mol. The van der Waals surface area contributed by atoms with E-state index in [0.717, 1.165) is 5.92 Å². The maximum atomic E-state index is 3.57. The van der Waals surface area contributed by atoms with E-state index < -0.39 is 0 Å². The number of fused-ring (bicyclic) bond motifs is 3. The molecule has 0 spiro atoms. The predicted molar refractivity (Wildman–Crippen MR) is 56.7 cm³/mol. The van der Waals surface area contributed by atoms with Crippen LogP contribution in [0.15, 0.2) is 24.5 Å². The van der Waals surface area contributed by atoms with Gasteiger partial charge in [0.15, 0.2) is 0 Å². The van der Waals surface area contributed by atoms with Crippen molar-refractivity contribution in [3.8, 4) is 0 Å². The van der Waals surface area contributed by atoms with Crippen LogP contribution in [-0.2, 0) is 0 Å². The van der Waals surface area contributed by atoms with Crippen LogP contribution in [0.1, 0.15) is 12.8 Å². The van der Waals surface area contributed by atoms with Gasteiger partial charge in [0, 0.05) is 18.9 Å². The molecule has 3 heteroatoms. The second-order valence-electron chi connectivity index (χ2n) is 4.46. The van der Waals surface area contributed by atoms with Gasteiger partial charge in [0.05, 0.1) is 6.04 Å². The van der Waals surface area contributed by atoms with Crippen LogP contribution in [0.25, 0.3) is 0 Å². The summed E-state index contributed by atoms with van der Waals surface area (Å²) < 4.78 is 2.09. The summed E-state index contributed by atoms with van der Waals surface area (Å²) >= 11 is 0. The van der Waals surface area contributed by atoms with Crippen molar-refractivity contribution in [2.75, 3.05) is 25.1 Å². The van der Waals surface area contributed by atoms with Gasteiger partial charge in [-0.15, -0.1) is 0 Å². The van der Waals surface area contributed by atoms with Crippen LogP contribution >= 0.6 is 0 Å². The quantitative estimate of drug-likeness (QED) is 0.756. The number of piperidine rings is 3. The molecule has 4 heterocycles. The number of nitrogens with one attached hydrogen (secondary N) is 1. The lowest BCUT2D eigenvalue weighted by molar-refractivity contribution is 0.0925. The van der Waals surface area contributed by atoms with Crippen LogP contribution in [0.2, 0.25) is 0 Å². The molecule has 0 aromatic carbocycles. The summed E-state index contributed by atoms with van der Waals surface area (Å²) in [6.07, 6.45) is 6.91. The molecule has 3 aliphatic heterocycles. The van der Waals surface area contributed by atoms with Gasteiger partial charge in [-0.1, -0.05) is 0 Å². The van der Waals surface area contributed by atoms with Crippen LogP contribution < -0.4 is 5.43 Å². The fraction of sp³-hybridized carbons (Fsp3) is 0.636. The number of hydrogen-bond acceptors (Lipinski definition) is 2. The zero-order chi connectivity index (χ0) is 9.38. The van der Waals surface area contributed by atoms with Crippen molar-refractivity contribution in [3.63, 3.8) is 0 Å². The number of hydrogen-bond donors (Lipinski definition) is 1. The molecule has 3 aliphatic rings. The smallest absolute Gasteiger partial charge is 0.0580 e. The Bertz CT molecular complexity index is 285. The molecule has 4 rings (SSSR count). The molecule has 0 radical (unpaired) electrons. The average molecular weight is 191 g/mol. The van der Waals surface area contributed by atoms with Gasteiger partial charge in [-0.3, -0.25) is 4.68 Å². The molecule has 3 fully saturated rings. The van der Waals surface area contributed by atoms with Gasteiger partial charge in [-0.25, -0.2) is 0 Å². The standard InChI is InChI=1S/C11H17N3/c1-2-6-14(5-1)12-11-9-13-7-3-10(11)4-8-13/h1-2,5-6,10-12H,3-4,7-9H2. The SMILES string of the molecule is c1ccn(NC2CN3CCC2CC3)c1. The summed E-state index contributed by atoms with van der Waals surface area (Å²) in [6, 6.07) is 4.79. The summed E-state index contributed by atoms with van der Waals surface area (Å²) in [5, 5.41) is 0. The second-order valence-corrected chi connectivity index (χ2v) is 4.46. The number of nitrogens with zero attached hydrogens (tertiary/aromatic N) is 2. The third-order valence-corrected chi connectivity index (χ3v) is 3.58. The highest BCUT2D eigenvalue weighted by Gasteiger charge is 2.33. The molecule has 1 unspecified atom stereocenters. The fourth-order valence-corrected chi connectivity index (χ4v) is 2.72. The van der Waals surface area contributed by atoms with Crippen molar-refractivity contribution in [3.05, 3.63) is 24.5 Å². The van der Waals surface area contributed by atoms with Gasteiger partial charge >= 0.3 is 0 Å². The molecule has 3 saturated heterocycles. The third kappa shape index (κ3) is 1.42. The minimum absolute atomic E-state index is 0.657. The zero-order valence-electron chi connectivity index (χ0n) is 8.39. The molecule has 14 heavy (non-hydrogen) atoms.